The van der Waals surface area contributed by atoms with E-state index in [0.717, 1.165) is 46.7 Å². The monoisotopic (exact) mass is 431 g/mol. The van der Waals surface area contributed by atoms with Crippen molar-refractivity contribution in [3.8, 4) is 22.6 Å². The highest BCUT2D eigenvalue weighted by molar-refractivity contribution is 5.82. The Morgan fingerprint density at radius 3 is 2.38 bits per heavy atom. The van der Waals surface area contributed by atoms with Gasteiger partial charge in [-0.05, 0) is 60.3 Å². The van der Waals surface area contributed by atoms with Crippen molar-refractivity contribution >= 4 is 5.91 Å². The molecule has 0 bridgehead atoms. The molecule has 0 unspecified atom stereocenters. The molecular weight excluding hydrogens is 402 g/mol. The first-order chi connectivity index (χ1) is 15.5. The van der Waals surface area contributed by atoms with E-state index in [4.69, 9.17) is 15.2 Å². The number of hydrogen-bond donors (Lipinski definition) is 1. The maximum absolute atomic E-state index is 12.7. The molecule has 1 amide bonds. The normalized spacial score (nSPS) is 18.4. The lowest BCUT2D eigenvalue weighted by atomic mass is 9.79. The second-order valence-electron chi connectivity index (χ2n) is 8.36. The summed E-state index contributed by atoms with van der Waals surface area (Å²) in [7, 11) is 3.32. The number of primary amides is 1. The predicted molar refractivity (Wildman–Crippen MR) is 124 cm³/mol. The molecule has 1 atom stereocenters. The van der Waals surface area contributed by atoms with Crippen molar-refractivity contribution in [3.05, 3.63) is 78.1 Å². The molecule has 2 N–H and O–H groups in total. The van der Waals surface area contributed by atoms with Crippen LogP contribution in [-0.2, 0) is 17.8 Å². The van der Waals surface area contributed by atoms with Gasteiger partial charge in [0.05, 0.1) is 25.2 Å². The summed E-state index contributed by atoms with van der Waals surface area (Å²) >= 11 is 0. The van der Waals surface area contributed by atoms with Crippen LogP contribution in [0.15, 0.2) is 67.0 Å². The number of benzene rings is 2. The van der Waals surface area contributed by atoms with Gasteiger partial charge in [0.2, 0.25) is 5.91 Å². The smallest absolute Gasteiger partial charge is 0.225 e. The lowest BCUT2D eigenvalue weighted by Crippen LogP contribution is -2.41. The van der Waals surface area contributed by atoms with Gasteiger partial charge in [0.15, 0.2) is 0 Å². The summed E-state index contributed by atoms with van der Waals surface area (Å²) in [4.78, 5) is 19.0. The minimum absolute atomic E-state index is 0.249. The molecule has 1 fully saturated rings. The van der Waals surface area contributed by atoms with Crippen molar-refractivity contribution in [2.24, 2.45) is 11.1 Å². The quantitative estimate of drug-likeness (QED) is 0.589. The number of nitrogens with zero attached hydrogens (tertiary/aromatic N) is 2. The predicted octanol–water partition coefficient (Wildman–Crippen LogP) is 3.69. The number of methoxy groups -OCH3 is 2. The van der Waals surface area contributed by atoms with Gasteiger partial charge in [-0.1, -0.05) is 30.3 Å². The number of amides is 1. The Bertz CT molecular complexity index is 1060. The zero-order chi connectivity index (χ0) is 22.6. The highest BCUT2D eigenvalue weighted by atomic mass is 16.5. The van der Waals surface area contributed by atoms with Gasteiger partial charge in [-0.15, -0.1) is 0 Å². The van der Waals surface area contributed by atoms with E-state index >= 15 is 0 Å². The van der Waals surface area contributed by atoms with Crippen LogP contribution in [-0.4, -0.2) is 43.1 Å². The Morgan fingerprint density at radius 2 is 1.72 bits per heavy atom. The molecule has 6 heteroatoms. The first-order valence-electron chi connectivity index (χ1n) is 10.8. The molecule has 32 heavy (non-hydrogen) atoms. The van der Waals surface area contributed by atoms with Crippen molar-refractivity contribution in [2.45, 2.75) is 19.4 Å². The fourth-order valence-corrected chi connectivity index (χ4v) is 4.63. The van der Waals surface area contributed by atoms with Crippen molar-refractivity contribution < 1.29 is 14.3 Å². The fourth-order valence-electron chi connectivity index (χ4n) is 4.63. The van der Waals surface area contributed by atoms with Gasteiger partial charge in [-0.3, -0.25) is 14.7 Å². The highest BCUT2D eigenvalue weighted by Crippen LogP contribution is 2.38. The van der Waals surface area contributed by atoms with Crippen LogP contribution in [0.4, 0.5) is 0 Å². The molecule has 1 aromatic heterocycles. The number of aromatic nitrogens is 1. The largest absolute Gasteiger partial charge is 0.496 e. The van der Waals surface area contributed by atoms with Crippen LogP contribution in [0, 0.1) is 5.41 Å². The molecule has 0 spiro atoms. The Labute approximate surface area is 189 Å². The van der Waals surface area contributed by atoms with Crippen LogP contribution in [0.25, 0.3) is 11.1 Å². The zero-order valence-corrected chi connectivity index (χ0v) is 18.6. The van der Waals surface area contributed by atoms with Crippen LogP contribution in [0.2, 0.25) is 0 Å². The number of hydrogen-bond acceptors (Lipinski definition) is 5. The minimum atomic E-state index is -0.605. The lowest BCUT2D eigenvalue weighted by Gasteiger charge is -2.27. The topological polar surface area (TPSA) is 77.7 Å². The molecule has 0 aliphatic carbocycles. The van der Waals surface area contributed by atoms with E-state index in [1.54, 1.807) is 26.6 Å². The standard InChI is InChI=1S/C26H29N3O3/c1-31-23-7-4-8-24(32-2)22(23)17-29-14-11-26(18-29,25(27)30)16-19-5-3-6-21(15-19)20-9-12-28-13-10-20/h3-10,12-13,15H,11,14,16-18H2,1-2H3,(H2,27,30)/t26-/m0/s1. The number of carbonyl (C=O) groups is 1. The molecule has 2 aromatic carbocycles. The van der Waals surface area contributed by atoms with E-state index < -0.39 is 5.41 Å². The molecular formula is C26H29N3O3. The Balaban J connectivity index is 1.55. The summed E-state index contributed by atoms with van der Waals surface area (Å²) in [5.74, 6) is 1.32. The van der Waals surface area contributed by atoms with E-state index in [1.165, 1.54) is 0 Å². The number of nitrogens with two attached hydrogens (primary N) is 1. The third kappa shape index (κ3) is 4.46. The molecule has 2 heterocycles. The minimum Gasteiger partial charge on any atom is -0.496 e. The van der Waals surface area contributed by atoms with Gasteiger partial charge >= 0.3 is 0 Å². The van der Waals surface area contributed by atoms with Gasteiger partial charge in [-0.2, -0.15) is 0 Å². The van der Waals surface area contributed by atoms with E-state index in [0.29, 0.717) is 19.5 Å². The van der Waals surface area contributed by atoms with Crippen LogP contribution < -0.4 is 15.2 Å². The Kier molecular flexibility index (Phi) is 6.42. The molecule has 1 saturated heterocycles. The second kappa shape index (κ2) is 9.40. The SMILES string of the molecule is COc1cccc(OC)c1CN1CC[C@@](Cc2cccc(-c3ccncc3)c2)(C(N)=O)C1. The van der Waals surface area contributed by atoms with Gasteiger partial charge in [0.1, 0.15) is 11.5 Å². The fraction of sp³-hybridized carbons (Fsp3) is 0.308. The molecule has 6 nitrogen and oxygen atoms in total. The summed E-state index contributed by atoms with van der Waals surface area (Å²) < 4.78 is 11.1. The summed E-state index contributed by atoms with van der Waals surface area (Å²) in [6.07, 6.45) is 4.90. The molecule has 3 aromatic rings. The average molecular weight is 432 g/mol. The highest BCUT2D eigenvalue weighted by Gasteiger charge is 2.43. The molecule has 4 rings (SSSR count). The van der Waals surface area contributed by atoms with Gasteiger partial charge in [0, 0.05) is 25.5 Å². The summed E-state index contributed by atoms with van der Waals surface area (Å²) in [6.45, 7) is 2.02. The summed E-state index contributed by atoms with van der Waals surface area (Å²) in [6, 6.07) is 18.1. The maximum Gasteiger partial charge on any atom is 0.225 e. The third-order valence-corrected chi connectivity index (χ3v) is 6.35. The maximum atomic E-state index is 12.7. The third-order valence-electron chi connectivity index (χ3n) is 6.35. The Morgan fingerprint density at radius 1 is 1.03 bits per heavy atom. The van der Waals surface area contributed by atoms with Gasteiger partial charge in [0.25, 0.3) is 0 Å². The number of rotatable bonds is 8. The number of likely N-dealkylation sites (tertiary alicyclic amines) is 1. The van der Waals surface area contributed by atoms with Crippen LogP contribution in [0.5, 0.6) is 11.5 Å². The molecule has 0 radical (unpaired) electrons. The van der Waals surface area contributed by atoms with E-state index in [2.05, 4.69) is 28.1 Å². The van der Waals surface area contributed by atoms with Gasteiger partial charge < -0.3 is 15.2 Å². The van der Waals surface area contributed by atoms with E-state index in [9.17, 15) is 4.79 Å². The molecule has 1 aliphatic rings. The zero-order valence-electron chi connectivity index (χ0n) is 18.6. The Hall–Kier alpha value is -3.38. The van der Waals surface area contributed by atoms with E-state index in [1.807, 2.05) is 36.4 Å². The average Bonchev–Trinajstić information content (AvgIpc) is 3.23. The van der Waals surface area contributed by atoms with Crippen LogP contribution in [0.1, 0.15) is 17.5 Å². The second-order valence-corrected chi connectivity index (χ2v) is 8.36. The van der Waals surface area contributed by atoms with Crippen molar-refractivity contribution in [1.82, 2.24) is 9.88 Å². The lowest BCUT2D eigenvalue weighted by molar-refractivity contribution is -0.127. The number of carbonyl (C=O) groups excluding carboxylic acids is 1. The molecule has 0 saturated carbocycles. The van der Waals surface area contributed by atoms with Gasteiger partial charge in [-0.25, -0.2) is 0 Å². The first kappa shape index (κ1) is 21.8. The summed E-state index contributed by atoms with van der Waals surface area (Å²) in [5.41, 5.74) is 9.67. The molecule has 1 aliphatic heterocycles. The summed E-state index contributed by atoms with van der Waals surface area (Å²) in [5, 5.41) is 0. The van der Waals surface area contributed by atoms with Crippen molar-refractivity contribution in [2.75, 3.05) is 27.3 Å². The van der Waals surface area contributed by atoms with Crippen LogP contribution >= 0.6 is 0 Å². The van der Waals surface area contributed by atoms with Crippen LogP contribution in [0.3, 0.4) is 0 Å². The first-order valence-corrected chi connectivity index (χ1v) is 10.8. The van der Waals surface area contributed by atoms with Crippen molar-refractivity contribution in [1.29, 1.82) is 0 Å². The number of ether oxygens (including phenoxy) is 2. The number of pyridine rings is 1. The van der Waals surface area contributed by atoms with E-state index in [-0.39, 0.29) is 5.91 Å². The van der Waals surface area contributed by atoms with Crippen molar-refractivity contribution in [3.63, 3.8) is 0 Å². The molecule has 166 valence electrons.